The van der Waals surface area contributed by atoms with Crippen molar-refractivity contribution < 1.29 is 22.7 Å². The van der Waals surface area contributed by atoms with Gasteiger partial charge < -0.3 is 10.1 Å². The number of halogens is 4. The second-order valence-corrected chi connectivity index (χ2v) is 4.05. The van der Waals surface area contributed by atoms with Gasteiger partial charge in [-0.25, -0.2) is 4.79 Å². The van der Waals surface area contributed by atoms with Crippen LogP contribution in [0.5, 0.6) is 0 Å². The third-order valence-electron chi connectivity index (χ3n) is 2.07. The summed E-state index contributed by atoms with van der Waals surface area (Å²) >= 11 is 5.68. The topological polar surface area (TPSA) is 38.3 Å². The Morgan fingerprint density at radius 2 is 1.94 bits per heavy atom. The Kier molecular flexibility index (Phi) is 4.84. The van der Waals surface area contributed by atoms with Crippen LogP contribution in [0.2, 0.25) is 5.02 Å². The van der Waals surface area contributed by atoms with E-state index < -0.39 is 24.9 Å². The van der Waals surface area contributed by atoms with Crippen molar-refractivity contribution in [3.8, 4) is 0 Å². The molecule has 0 heterocycles. The first-order valence-electron chi connectivity index (χ1n) is 5.03. The molecule has 0 unspecified atom stereocenters. The molecule has 1 amide bonds. The van der Waals surface area contributed by atoms with Crippen molar-refractivity contribution in [3.05, 3.63) is 34.9 Å². The molecule has 7 heteroatoms. The lowest BCUT2D eigenvalue weighted by Gasteiger charge is -2.15. The summed E-state index contributed by atoms with van der Waals surface area (Å²) in [6.45, 7) is 0.0181. The summed E-state index contributed by atoms with van der Waals surface area (Å²) in [5, 5.41) is 2.82. The zero-order valence-electron chi connectivity index (χ0n) is 9.42. The van der Waals surface area contributed by atoms with E-state index in [0.29, 0.717) is 10.6 Å². The molecule has 0 aliphatic carbocycles. The Hall–Kier alpha value is -1.43. The van der Waals surface area contributed by atoms with Crippen LogP contribution < -0.4 is 5.32 Å². The van der Waals surface area contributed by atoms with E-state index in [1.807, 2.05) is 0 Å². The molecule has 0 bridgehead atoms. The lowest BCUT2D eigenvalue weighted by molar-refractivity contribution is -0.160. The van der Waals surface area contributed by atoms with Gasteiger partial charge in [-0.3, -0.25) is 0 Å². The smallest absolute Gasteiger partial charge is 0.422 e. The van der Waals surface area contributed by atoms with Gasteiger partial charge in [0.2, 0.25) is 0 Å². The lowest BCUT2D eigenvalue weighted by Crippen LogP contribution is -2.30. The fourth-order valence-corrected chi connectivity index (χ4v) is 1.33. The number of alkyl carbamates (subject to hydrolysis) is 1. The molecule has 0 saturated carbocycles. The molecule has 1 atom stereocenters. The summed E-state index contributed by atoms with van der Waals surface area (Å²) in [6, 6.07) is 6.10. The highest BCUT2D eigenvalue weighted by Crippen LogP contribution is 2.17. The molecule has 3 nitrogen and oxygen atoms in total. The van der Waals surface area contributed by atoms with Gasteiger partial charge in [-0.1, -0.05) is 23.7 Å². The first kappa shape index (κ1) is 14.6. The van der Waals surface area contributed by atoms with Gasteiger partial charge in [0.15, 0.2) is 6.61 Å². The van der Waals surface area contributed by atoms with E-state index in [4.69, 9.17) is 11.6 Å². The molecule has 18 heavy (non-hydrogen) atoms. The first-order valence-corrected chi connectivity index (χ1v) is 5.41. The van der Waals surface area contributed by atoms with Crippen LogP contribution in [0.15, 0.2) is 24.3 Å². The molecule has 0 aromatic heterocycles. The number of rotatable bonds is 3. The summed E-state index contributed by atoms with van der Waals surface area (Å²) in [7, 11) is 0. The van der Waals surface area contributed by atoms with Crippen LogP contribution in [0.3, 0.4) is 0 Å². The number of nitrogens with one attached hydrogen (secondary N) is 1. The quantitative estimate of drug-likeness (QED) is 0.917. The van der Waals surface area contributed by atoms with Crippen molar-refractivity contribution >= 4 is 17.7 Å². The van der Waals surface area contributed by atoms with Crippen molar-refractivity contribution in [2.75, 3.05) is 6.61 Å². The zero-order chi connectivity index (χ0) is 13.8. The second kappa shape index (κ2) is 5.95. The number of amides is 1. The van der Waals surface area contributed by atoms with Crippen LogP contribution in [0.25, 0.3) is 0 Å². The highest BCUT2D eigenvalue weighted by atomic mass is 35.5. The highest BCUT2D eigenvalue weighted by molar-refractivity contribution is 6.30. The van der Waals surface area contributed by atoms with E-state index in [2.05, 4.69) is 10.1 Å². The summed E-state index contributed by atoms with van der Waals surface area (Å²) in [6.07, 6.45) is -5.64. The van der Waals surface area contributed by atoms with Gasteiger partial charge in [0, 0.05) is 5.02 Å². The Balaban J connectivity index is 2.47. The second-order valence-electron chi connectivity index (χ2n) is 3.61. The molecule has 1 aromatic carbocycles. The highest BCUT2D eigenvalue weighted by Gasteiger charge is 2.29. The molecular formula is C11H11ClF3NO2. The molecule has 100 valence electrons. The molecule has 0 fully saturated rings. The van der Waals surface area contributed by atoms with Crippen molar-refractivity contribution in [2.45, 2.75) is 19.1 Å². The van der Waals surface area contributed by atoms with Crippen molar-refractivity contribution in [3.63, 3.8) is 0 Å². The van der Waals surface area contributed by atoms with Crippen LogP contribution in [-0.2, 0) is 4.74 Å². The van der Waals surface area contributed by atoms with Gasteiger partial charge in [0.1, 0.15) is 0 Å². The number of hydrogen-bond donors (Lipinski definition) is 1. The maximum absolute atomic E-state index is 11.8. The predicted octanol–water partition coefficient (Wildman–Crippen LogP) is 3.69. The average molecular weight is 282 g/mol. The molecule has 0 spiro atoms. The van der Waals surface area contributed by atoms with Gasteiger partial charge in [-0.2, -0.15) is 13.2 Å². The van der Waals surface area contributed by atoms with Crippen LogP contribution in [-0.4, -0.2) is 18.9 Å². The summed E-state index contributed by atoms with van der Waals surface area (Å²) in [5.41, 5.74) is 0.711. The van der Waals surface area contributed by atoms with Crippen LogP contribution in [0.1, 0.15) is 18.5 Å². The SMILES string of the molecule is C[C@@H](NC(=O)OCC(F)(F)F)c1ccc(Cl)cc1. The third kappa shape index (κ3) is 5.27. The molecule has 0 radical (unpaired) electrons. The molecule has 0 aliphatic rings. The molecule has 1 N–H and O–H groups in total. The minimum atomic E-state index is -4.53. The van der Waals surface area contributed by atoms with E-state index in [1.54, 1.807) is 31.2 Å². The van der Waals surface area contributed by atoms with Gasteiger partial charge in [-0.05, 0) is 24.6 Å². The number of benzene rings is 1. The fraction of sp³-hybridized carbons (Fsp3) is 0.364. The fourth-order valence-electron chi connectivity index (χ4n) is 1.20. The van der Waals surface area contributed by atoms with Gasteiger partial charge >= 0.3 is 12.3 Å². The van der Waals surface area contributed by atoms with Crippen molar-refractivity contribution in [2.24, 2.45) is 0 Å². The van der Waals surface area contributed by atoms with E-state index in [-0.39, 0.29) is 0 Å². The average Bonchev–Trinajstić information content (AvgIpc) is 2.26. The predicted molar refractivity (Wildman–Crippen MR) is 60.4 cm³/mol. The van der Waals surface area contributed by atoms with Crippen LogP contribution in [0.4, 0.5) is 18.0 Å². The Labute approximate surface area is 107 Å². The minimum Gasteiger partial charge on any atom is -0.440 e. The Bertz CT molecular complexity index is 406. The number of carbonyl (C=O) groups excluding carboxylic acids is 1. The van der Waals surface area contributed by atoms with Gasteiger partial charge in [0.25, 0.3) is 0 Å². The number of alkyl halides is 3. The van der Waals surface area contributed by atoms with Crippen molar-refractivity contribution in [1.29, 1.82) is 0 Å². The summed E-state index contributed by atoms with van der Waals surface area (Å²) in [5.74, 6) is 0. The molecule has 0 aliphatic heterocycles. The molecule has 0 saturated heterocycles. The molecular weight excluding hydrogens is 271 g/mol. The van der Waals surface area contributed by atoms with Crippen molar-refractivity contribution in [1.82, 2.24) is 5.32 Å². The van der Waals surface area contributed by atoms with E-state index in [0.717, 1.165) is 0 Å². The zero-order valence-corrected chi connectivity index (χ0v) is 10.2. The molecule has 1 aromatic rings. The van der Waals surface area contributed by atoms with E-state index >= 15 is 0 Å². The Morgan fingerprint density at radius 1 is 1.39 bits per heavy atom. The van der Waals surface area contributed by atoms with E-state index in [9.17, 15) is 18.0 Å². The normalized spacial score (nSPS) is 12.9. The van der Waals surface area contributed by atoms with Crippen LogP contribution in [0, 0.1) is 0 Å². The maximum Gasteiger partial charge on any atom is 0.422 e. The van der Waals surface area contributed by atoms with E-state index in [1.165, 1.54) is 0 Å². The Morgan fingerprint density at radius 3 is 2.44 bits per heavy atom. The van der Waals surface area contributed by atoms with Gasteiger partial charge in [0.05, 0.1) is 6.04 Å². The van der Waals surface area contributed by atoms with Crippen LogP contribution >= 0.6 is 11.6 Å². The summed E-state index contributed by atoms with van der Waals surface area (Å²) < 4.78 is 39.4. The third-order valence-corrected chi connectivity index (χ3v) is 2.32. The van der Waals surface area contributed by atoms with Gasteiger partial charge in [-0.15, -0.1) is 0 Å². The monoisotopic (exact) mass is 281 g/mol. The molecule has 1 rings (SSSR count). The standard InChI is InChI=1S/C11H11ClF3NO2/c1-7(8-2-4-9(12)5-3-8)16-10(17)18-6-11(13,14)15/h2-5,7H,6H2,1H3,(H,16,17)/t7-/m1/s1. The number of ether oxygens (including phenoxy) is 1. The maximum atomic E-state index is 11.8. The first-order chi connectivity index (χ1) is 8.28. The summed E-state index contributed by atoms with van der Waals surface area (Å²) in [4.78, 5) is 11.1. The minimum absolute atomic E-state index is 0.469. The largest absolute Gasteiger partial charge is 0.440 e. The number of carbonyl (C=O) groups is 1. The number of hydrogen-bond acceptors (Lipinski definition) is 2. The lowest BCUT2D eigenvalue weighted by atomic mass is 10.1.